The Morgan fingerprint density at radius 1 is 0.765 bits per heavy atom. The van der Waals surface area contributed by atoms with Crippen LogP contribution in [-0.2, 0) is 17.1 Å². The minimum Gasteiger partial charge on any atom is -0.425 e. The standard InChI is InChI=1S/2C5H6BO2.Fe/c2*7-6(8)5-3-1-2-4-5;/h2*1-4,7-8H;/q2*-1;+4. The number of rotatable bonds is 2. The molecule has 2 aromatic carbocycles. The van der Waals surface area contributed by atoms with Gasteiger partial charge < -0.3 is 20.1 Å². The zero-order valence-corrected chi connectivity index (χ0v) is 10.0. The molecule has 0 spiro atoms. The van der Waals surface area contributed by atoms with Crippen LogP contribution in [0.1, 0.15) is 0 Å². The Morgan fingerprint density at radius 3 is 1.24 bits per heavy atom. The zero-order valence-electron chi connectivity index (χ0n) is 8.92. The van der Waals surface area contributed by atoms with Crippen molar-refractivity contribution in [1.82, 2.24) is 0 Å². The summed E-state index contributed by atoms with van der Waals surface area (Å²) in [5, 5.41) is 33.9. The van der Waals surface area contributed by atoms with Crippen molar-refractivity contribution in [1.29, 1.82) is 0 Å². The van der Waals surface area contributed by atoms with Crippen LogP contribution in [0.15, 0.2) is 48.5 Å². The first kappa shape index (κ1) is 16.2. The molecule has 0 atom stereocenters. The van der Waals surface area contributed by atoms with Crippen molar-refractivity contribution in [2.75, 3.05) is 0 Å². The summed E-state index contributed by atoms with van der Waals surface area (Å²) in [6.45, 7) is 0. The molecule has 0 unspecified atom stereocenters. The summed E-state index contributed by atoms with van der Waals surface area (Å²) in [5.41, 5.74) is 1.09. The zero-order chi connectivity index (χ0) is 12.0. The second-order valence-corrected chi connectivity index (χ2v) is 3.18. The van der Waals surface area contributed by atoms with Gasteiger partial charge in [0.1, 0.15) is 0 Å². The van der Waals surface area contributed by atoms with E-state index in [0.717, 1.165) is 0 Å². The van der Waals surface area contributed by atoms with Gasteiger partial charge in [0.2, 0.25) is 0 Å². The van der Waals surface area contributed by atoms with Gasteiger partial charge in [-0.3, -0.25) is 0 Å². The summed E-state index contributed by atoms with van der Waals surface area (Å²) < 4.78 is 0. The molecular weight excluding hydrogens is 262 g/mol. The van der Waals surface area contributed by atoms with Gasteiger partial charge >= 0.3 is 31.3 Å². The molecule has 2 rings (SSSR count). The molecular formula is C10H12B2FeO4+2. The molecule has 0 aliphatic rings. The van der Waals surface area contributed by atoms with Crippen molar-refractivity contribution in [3.63, 3.8) is 0 Å². The molecule has 4 nitrogen and oxygen atoms in total. The molecule has 0 bridgehead atoms. The van der Waals surface area contributed by atoms with Gasteiger partial charge in [0, 0.05) is 0 Å². The van der Waals surface area contributed by atoms with Crippen LogP contribution < -0.4 is 10.9 Å². The van der Waals surface area contributed by atoms with Gasteiger partial charge in [-0.15, -0.1) is 10.9 Å². The first-order valence-corrected chi connectivity index (χ1v) is 4.76. The van der Waals surface area contributed by atoms with Crippen molar-refractivity contribution in [2.24, 2.45) is 0 Å². The topological polar surface area (TPSA) is 80.9 Å². The maximum absolute atomic E-state index is 8.47. The second kappa shape index (κ2) is 8.31. The van der Waals surface area contributed by atoms with Crippen LogP contribution in [0.2, 0.25) is 0 Å². The summed E-state index contributed by atoms with van der Waals surface area (Å²) in [6, 6.07) is 13.7. The minimum atomic E-state index is -1.31. The van der Waals surface area contributed by atoms with Gasteiger partial charge in [0.05, 0.1) is 0 Å². The molecule has 0 saturated carbocycles. The van der Waals surface area contributed by atoms with Gasteiger partial charge in [-0.2, -0.15) is 24.3 Å². The van der Waals surface area contributed by atoms with Crippen LogP contribution in [0, 0.1) is 0 Å². The maximum atomic E-state index is 8.47. The van der Waals surface area contributed by atoms with Crippen LogP contribution in [0.5, 0.6) is 0 Å². The Bertz CT molecular complexity index is 335. The van der Waals surface area contributed by atoms with E-state index in [9.17, 15) is 0 Å². The molecule has 0 heterocycles. The Kier molecular flexibility index (Phi) is 7.91. The quantitative estimate of drug-likeness (QED) is 0.383. The molecule has 88 valence electrons. The first-order valence-electron chi connectivity index (χ1n) is 4.76. The molecule has 0 amide bonds. The largest absolute Gasteiger partial charge is 4.00 e. The predicted molar refractivity (Wildman–Crippen MR) is 63.7 cm³/mol. The van der Waals surface area contributed by atoms with Crippen LogP contribution in [0.25, 0.3) is 0 Å². The van der Waals surface area contributed by atoms with E-state index in [-0.39, 0.29) is 17.1 Å². The van der Waals surface area contributed by atoms with Gasteiger partial charge in [-0.25, -0.2) is 24.3 Å². The van der Waals surface area contributed by atoms with Gasteiger partial charge in [-0.05, 0) is 0 Å². The molecule has 0 aliphatic heterocycles. The average Bonchev–Trinajstić information content (AvgIpc) is 2.93. The summed E-state index contributed by atoms with van der Waals surface area (Å²) in [6.07, 6.45) is 0. The fourth-order valence-electron chi connectivity index (χ4n) is 1.12. The Balaban J connectivity index is 0.000000284. The molecule has 0 saturated heterocycles. The van der Waals surface area contributed by atoms with Crippen molar-refractivity contribution in [3.05, 3.63) is 48.5 Å². The van der Waals surface area contributed by atoms with Crippen molar-refractivity contribution in [2.45, 2.75) is 0 Å². The third-order valence-corrected chi connectivity index (χ3v) is 1.97. The molecule has 0 aromatic heterocycles. The Hall–Kier alpha value is -0.811. The molecule has 0 radical (unpaired) electrons. The third kappa shape index (κ3) is 5.89. The van der Waals surface area contributed by atoms with Crippen LogP contribution in [0.4, 0.5) is 0 Å². The summed E-state index contributed by atoms with van der Waals surface area (Å²) >= 11 is 0. The maximum Gasteiger partial charge on any atom is 4.00 e. The minimum absolute atomic E-state index is 0. The van der Waals surface area contributed by atoms with E-state index >= 15 is 0 Å². The summed E-state index contributed by atoms with van der Waals surface area (Å²) in [5.74, 6) is 0. The normalized spacial score (nSPS) is 8.71. The number of hydrogen-bond donors (Lipinski definition) is 4. The van der Waals surface area contributed by atoms with Crippen LogP contribution in [0.3, 0.4) is 0 Å². The number of hydrogen-bond acceptors (Lipinski definition) is 4. The second-order valence-electron chi connectivity index (χ2n) is 3.18. The average molecular weight is 274 g/mol. The predicted octanol–water partition coefficient (Wildman–Crippen LogP) is -1.83. The smallest absolute Gasteiger partial charge is 0.425 e. The van der Waals surface area contributed by atoms with Gasteiger partial charge in [0.25, 0.3) is 0 Å². The van der Waals surface area contributed by atoms with E-state index in [0.29, 0.717) is 10.9 Å². The van der Waals surface area contributed by atoms with E-state index in [4.69, 9.17) is 20.1 Å². The van der Waals surface area contributed by atoms with E-state index in [1.165, 1.54) is 0 Å². The van der Waals surface area contributed by atoms with E-state index < -0.39 is 14.2 Å². The van der Waals surface area contributed by atoms with Crippen molar-refractivity contribution in [3.8, 4) is 0 Å². The molecule has 4 N–H and O–H groups in total. The van der Waals surface area contributed by atoms with Crippen molar-refractivity contribution < 1.29 is 37.2 Å². The van der Waals surface area contributed by atoms with Crippen LogP contribution in [-0.4, -0.2) is 34.3 Å². The van der Waals surface area contributed by atoms with Crippen LogP contribution >= 0.6 is 0 Å². The van der Waals surface area contributed by atoms with Gasteiger partial charge in [-0.1, -0.05) is 0 Å². The van der Waals surface area contributed by atoms with E-state index in [2.05, 4.69) is 0 Å². The van der Waals surface area contributed by atoms with Crippen molar-refractivity contribution >= 4 is 25.2 Å². The van der Waals surface area contributed by atoms with Gasteiger partial charge in [0.15, 0.2) is 0 Å². The summed E-state index contributed by atoms with van der Waals surface area (Å²) in [4.78, 5) is 0. The monoisotopic (exact) mass is 274 g/mol. The third-order valence-electron chi connectivity index (χ3n) is 1.97. The molecule has 7 heteroatoms. The SMILES string of the molecule is OB(O)c1ccc[cH-]1.OB(O)c1ccc[cH-]1.[Fe+4]. The fourth-order valence-corrected chi connectivity index (χ4v) is 1.12. The Morgan fingerprint density at radius 2 is 1.12 bits per heavy atom. The summed E-state index contributed by atoms with van der Waals surface area (Å²) in [7, 11) is -2.63. The molecule has 2 aromatic rings. The van der Waals surface area contributed by atoms with E-state index in [1.54, 1.807) is 48.5 Å². The molecule has 0 aliphatic carbocycles. The Labute approximate surface area is 111 Å². The van der Waals surface area contributed by atoms with E-state index in [1.807, 2.05) is 0 Å². The molecule has 0 fully saturated rings. The first-order chi connectivity index (χ1) is 7.61. The fraction of sp³-hybridized carbons (Fsp3) is 0. The molecule has 17 heavy (non-hydrogen) atoms.